The second kappa shape index (κ2) is 9.10. The largest absolute Gasteiger partial charge is 0.351 e. The Hall–Kier alpha value is -1.39. The smallest absolute Gasteiger partial charge is 0.233 e. The molecule has 2 aliphatic carbocycles. The van der Waals surface area contributed by atoms with Crippen LogP contribution in [0.5, 0.6) is 0 Å². The number of nitrogens with one attached hydrogen (secondary N) is 1. The van der Waals surface area contributed by atoms with Crippen LogP contribution in [0.25, 0.3) is 0 Å². The summed E-state index contributed by atoms with van der Waals surface area (Å²) in [5.74, 6) is 0.773. The molecule has 5 nitrogen and oxygen atoms in total. The quantitative estimate of drug-likeness (QED) is 0.594. The van der Waals surface area contributed by atoms with Gasteiger partial charge in [-0.25, -0.2) is 0 Å². The van der Waals surface area contributed by atoms with Crippen LogP contribution in [0.15, 0.2) is 0 Å². The van der Waals surface area contributed by atoms with Crippen molar-refractivity contribution in [1.29, 1.82) is 0 Å². The zero-order chi connectivity index (χ0) is 23.9. The highest BCUT2D eigenvalue weighted by Crippen LogP contribution is 2.45. The fourth-order valence-corrected chi connectivity index (χ4v) is 6.35. The Bertz CT molecular complexity index is 704. The van der Waals surface area contributed by atoms with Crippen LogP contribution in [-0.4, -0.2) is 34.7 Å². The molecule has 1 saturated heterocycles. The highest BCUT2D eigenvalue weighted by molar-refractivity contribution is 6.05. The van der Waals surface area contributed by atoms with Gasteiger partial charge >= 0.3 is 0 Å². The number of hydrogen-bond acceptors (Lipinski definition) is 3. The molecule has 3 amide bonds. The van der Waals surface area contributed by atoms with Gasteiger partial charge in [-0.3, -0.25) is 19.3 Å². The van der Waals surface area contributed by atoms with Crippen LogP contribution in [0.4, 0.5) is 0 Å². The molecule has 182 valence electrons. The average molecular weight is 447 g/mol. The minimum absolute atomic E-state index is 0.0263. The summed E-state index contributed by atoms with van der Waals surface area (Å²) in [6, 6.07) is 0. The third-order valence-electron chi connectivity index (χ3n) is 7.94. The third-order valence-corrected chi connectivity index (χ3v) is 7.94. The number of fused-ring (bicyclic) bond motifs is 1. The molecule has 4 unspecified atom stereocenters. The van der Waals surface area contributed by atoms with Crippen LogP contribution < -0.4 is 5.32 Å². The first-order chi connectivity index (χ1) is 14.7. The second-order valence-electron chi connectivity index (χ2n) is 13.5. The molecule has 1 heterocycles. The molecule has 1 aliphatic heterocycles. The molecular weight excluding hydrogens is 400 g/mol. The molecule has 3 aliphatic rings. The Morgan fingerprint density at radius 3 is 1.97 bits per heavy atom. The number of amides is 3. The maximum Gasteiger partial charge on any atom is 0.233 e. The van der Waals surface area contributed by atoms with Gasteiger partial charge in [-0.2, -0.15) is 0 Å². The highest BCUT2D eigenvalue weighted by atomic mass is 16.2. The van der Waals surface area contributed by atoms with Gasteiger partial charge in [0.05, 0.1) is 11.8 Å². The summed E-state index contributed by atoms with van der Waals surface area (Å²) >= 11 is 0. The zero-order valence-electron chi connectivity index (χ0n) is 21.6. The predicted molar refractivity (Wildman–Crippen MR) is 128 cm³/mol. The maximum atomic E-state index is 13.3. The number of carbonyl (C=O) groups is 3. The topological polar surface area (TPSA) is 66.5 Å². The lowest BCUT2D eigenvalue weighted by molar-refractivity contribution is -0.142. The number of imide groups is 1. The lowest BCUT2D eigenvalue weighted by Gasteiger charge is -2.35. The molecule has 2 saturated carbocycles. The van der Waals surface area contributed by atoms with Crippen molar-refractivity contribution < 1.29 is 14.4 Å². The molecule has 0 aromatic carbocycles. The van der Waals surface area contributed by atoms with E-state index in [0.29, 0.717) is 49.5 Å². The number of rotatable bonds is 4. The Balaban J connectivity index is 1.62. The van der Waals surface area contributed by atoms with Gasteiger partial charge in [0.15, 0.2) is 0 Å². The van der Waals surface area contributed by atoms with Crippen molar-refractivity contribution in [2.45, 2.75) is 112 Å². The van der Waals surface area contributed by atoms with E-state index >= 15 is 0 Å². The summed E-state index contributed by atoms with van der Waals surface area (Å²) in [6.45, 7) is 15.5. The number of likely N-dealkylation sites (tertiary alicyclic amines) is 1. The van der Waals surface area contributed by atoms with E-state index in [1.165, 1.54) is 19.3 Å². The monoisotopic (exact) mass is 446 g/mol. The summed E-state index contributed by atoms with van der Waals surface area (Å²) in [6.07, 6.45) is 8.55. The first-order valence-corrected chi connectivity index (χ1v) is 12.9. The van der Waals surface area contributed by atoms with Crippen LogP contribution >= 0.6 is 0 Å². The summed E-state index contributed by atoms with van der Waals surface area (Å²) in [4.78, 5) is 41.1. The summed E-state index contributed by atoms with van der Waals surface area (Å²) in [5.41, 5.74) is -0.465. The first kappa shape index (κ1) is 25.2. The summed E-state index contributed by atoms with van der Waals surface area (Å²) in [7, 11) is 0. The summed E-state index contributed by atoms with van der Waals surface area (Å²) in [5, 5.41) is 3.11. The van der Waals surface area contributed by atoms with Crippen molar-refractivity contribution >= 4 is 17.7 Å². The number of nitrogens with zero attached hydrogens (tertiary/aromatic N) is 1. The van der Waals surface area contributed by atoms with E-state index in [1.54, 1.807) is 4.90 Å². The van der Waals surface area contributed by atoms with E-state index < -0.39 is 5.41 Å². The van der Waals surface area contributed by atoms with E-state index in [9.17, 15) is 14.4 Å². The van der Waals surface area contributed by atoms with Crippen molar-refractivity contribution in [3.05, 3.63) is 0 Å². The van der Waals surface area contributed by atoms with Crippen molar-refractivity contribution in [2.75, 3.05) is 6.54 Å². The van der Waals surface area contributed by atoms with Crippen LogP contribution in [0.3, 0.4) is 0 Å². The van der Waals surface area contributed by atoms with Gasteiger partial charge in [-0.05, 0) is 83.0 Å². The minimum Gasteiger partial charge on any atom is -0.351 e. The molecule has 3 rings (SSSR count). The molecule has 1 N–H and O–H groups in total. The molecule has 3 fully saturated rings. The van der Waals surface area contributed by atoms with E-state index in [1.807, 2.05) is 27.7 Å². The number of hydrogen-bond donors (Lipinski definition) is 1. The van der Waals surface area contributed by atoms with Crippen LogP contribution in [0.2, 0.25) is 0 Å². The van der Waals surface area contributed by atoms with Gasteiger partial charge in [0, 0.05) is 17.5 Å². The van der Waals surface area contributed by atoms with Gasteiger partial charge in [0.25, 0.3) is 0 Å². The van der Waals surface area contributed by atoms with Crippen LogP contribution in [0.1, 0.15) is 106 Å². The maximum absolute atomic E-state index is 13.3. The summed E-state index contributed by atoms with van der Waals surface area (Å²) < 4.78 is 0. The lowest BCUT2D eigenvalue weighted by atomic mass is 9.74. The van der Waals surface area contributed by atoms with E-state index in [-0.39, 0.29) is 35.1 Å². The van der Waals surface area contributed by atoms with E-state index in [4.69, 9.17) is 0 Å². The lowest BCUT2D eigenvalue weighted by Crippen LogP contribution is -2.48. The minimum atomic E-state index is -0.507. The van der Waals surface area contributed by atoms with Gasteiger partial charge in [0.1, 0.15) is 0 Å². The Kier molecular flexibility index (Phi) is 7.18. The molecular formula is C27H46N2O3. The number of carbonyl (C=O) groups excluding carboxylic acids is 3. The van der Waals surface area contributed by atoms with Crippen molar-refractivity contribution in [3.8, 4) is 0 Å². The van der Waals surface area contributed by atoms with Gasteiger partial charge in [0.2, 0.25) is 17.7 Å². The molecule has 4 atom stereocenters. The Morgan fingerprint density at radius 2 is 1.47 bits per heavy atom. The van der Waals surface area contributed by atoms with Crippen LogP contribution in [-0.2, 0) is 14.4 Å². The predicted octanol–water partition coefficient (Wildman–Crippen LogP) is 5.33. The standard InChI is InChI=1S/C27H46N2O3/c1-25(2,3)16-18-9-8-10-19(15-18)17-29-22(30)20-11-13-27(7,14-12-21(20)23(29)31)24(32)28-26(4,5)6/h18-21H,8-17H2,1-7H3,(H,28,32). The van der Waals surface area contributed by atoms with Gasteiger partial charge in [-0.1, -0.05) is 40.5 Å². The molecule has 0 radical (unpaired) electrons. The molecule has 0 spiro atoms. The second-order valence-corrected chi connectivity index (χ2v) is 13.5. The highest BCUT2D eigenvalue weighted by Gasteiger charge is 2.51. The fourth-order valence-electron chi connectivity index (χ4n) is 6.35. The zero-order valence-corrected chi connectivity index (χ0v) is 21.6. The molecule has 0 bridgehead atoms. The Labute approximate surface area is 195 Å². The average Bonchev–Trinajstić information content (AvgIpc) is 2.78. The van der Waals surface area contributed by atoms with Gasteiger partial charge < -0.3 is 5.32 Å². The third kappa shape index (κ3) is 5.94. The first-order valence-electron chi connectivity index (χ1n) is 12.9. The molecule has 0 aromatic heterocycles. The van der Waals surface area contributed by atoms with Crippen molar-refractivity contribution in [1.82, 2.24) is 10.2 Å². The van der Waals surface area contributed by atoms with Crippen molar-refractivity contribution in [2.24, 2.45) is 34.5 Å². The molecule has 32 heavy (non-hydrogen) atoms. The molecule has 0 aromatic rings. The normalized spacial score (nSPS) is 34.3. The van der Waals surface area contributed by atoms with Crippen molar-refractivity contribution in [3.63, 3.8) is 0 Å². The Morgan fingerprint density at radius 1 is 0.938 bits per heavy atom. The fraction of sp³-hybridized carbons (Fsp3) is 0.889. The van der Waals surface area contributed by atoms with E-state index in [0.717, 1.165) is 12.8 Å². The molecule has 5 heteroatoms. The van der Waals surface area contributed by atoms with E-state index in [2.05, 4.69) is 26.1 Å². The van der Waals surface area contributed by atoms with Gasteiger partial charge in [-0.15, -0.1) is 0 Å². The SMILES string of the molecule is CC(C)(C)CC1CCCC(CN2C(=O)C3CCC(C)(C(=O)NC(C)(C)C)CCC3C2=O)C1. The van der Waals surface area contributed by atoms with Crippen LogP contribution in [0, 0.1) is 34.5 Å².